The van der Waals surface area contributed by atoms with E-state index in [1.165, 1.54) is 42.5 Å². The quantitative estimate of drug-likeness (QED) is 0.425. The van der Waals surface area contributed by atoms with Crippen molar-refractivity contribution in [2.24, 2.45) is 0 Å². The molecule has 3 aromatic rings. The van der Waals surface area contributed by atoms with E-state index in [0.717, 1.165) is 17.0 Å². The van der Waals surface area contributed by atoms with E-state index in [4.69, 9.17) is 16.0 Å². The number of amides is 3. The molecule has 30 heavy (non-hydrogen) atoms. The summed E-state index contributed by atoms with van der Waals surface area (Å²) in [6, 6.07) is 13.2. The number of hydrogen-bond donors (Lipinski definition) is 1. The Hall–Kier alpha value is -3.52. The van der Waals surface area contributed by atoms with E-state index < -0.39 is 23.7 Å². The van der Waals surface area contributed by atoms with E-state index in [1.54, 1.807) is 12.1 Å². The van der Waals surface area contributed by atoms with Crippen LogP contribution in [0.4, 0.5) is 23.7 Å². The van der Waals surface area contributed by atoms with Gasteiger partial charge in [0.2, 0.25) is 0 Å². The van der Waals surface area contributed by atoms with Crippen LogP contribution in [0.5, 0.6) is 0 Å². The average molecular weight is 433 g/mol. The number of nitrogens with one attached hydrogen (secondary N) is 1. The Labute approximate surface area is 173 Å². The van der Waals surface area contributed by atoms with Crippen LogP contribution < -0.4 is 10.2 Å². The van der Waals surface area contributed by atoms with Crippen LogP contribution in [0.25, 0.3) is 17.4 Å². The van der Waals surface area contributed by atoms with E-state index in [1.807, 2.05) is 0 Å². The maximum atomic E-state index is 12.9. The monoisotopic (exact) mass is 432 g/mol. The summed E-state index contributed by atoms with van der Waals surface area (Å²) in [7, 11) is 0. The fourth-order valence-corrected chi connectivity index (χ4v) is 3.06. The minimum absolute atomic E-state index is 0.0279. The van der Waals surface area contributed by atoms with E-state index in [0.29, 0.717) is 10.7 Å². The zero-order valence-corrected chi connectivity index (χ0v) is 15.8. The summed E-state index contributed by atoms with van der Waals surface area (Å²) in [6.07, 6.45) is -3.16. The maximum Gasteiger partial charge on any atom is 0.416 e. The SMILES string of the molecule is O=C1N/C(=C/c2ccc(-c3cccc(C(F)(F)F)c3)o2)C(=O)N1c1ccc(Cl)cc1. The summed E-state index contributed by atoms with van der Waals surface area (Å²) in [4.78, 5) is 25.8. The molecule has 2 heterocycles. The largest absolute Gasteiger partial charge is 0.457 e. The zero-order valence-electron chi connectivity index (χ0n) is 15.0. The number of rotatable bonds is 3. The number of nitrogens with zero attached hydrogens (tertiary/aromatic N) is 1. The van der Waals surface area contributed by atoms with Crippen molar-refractivity contribution in [1.29, 1.82) is 0 Å². The van der Waals surface area contributed by atoms with Crippen molar-refractivity contribution in [3.63, 3.8) is 0 Å². The van der Waals surface area contributed by atoms with Crippen LogP contribution in [0.1, 0.15) is 11.3 Å². The summed E-state index contributed by atoms with van der Waals surface area (Å²) >= 11 is 5.82. The predicted molar refractivity (Wildman–Crippen MR) is 105 cm³/mol. The third-order valence-corrected chi connectivity index (χ3v) is 4.60. The van der Waals surface area contributed by atoms with Crippen LogP contribution in [-0.2, 0) is 11.0 Å². The van der Waals surface area contributed by atoms with E-state index >= 15 is 0 Å². The van der Waals surface area contributed by atoms with Gasteiger partial charge < -0.3 is 9.73 Å². The molecule has 5 nitrogen and oxygen atoms in total. The van der Waals surface area contributed by atoms with Crippen LogP contribution in [0.2, 0.25) is 5.02 Å². The summed E-state index contributed by atoms with van der Waals surface area (Å²) in [5.41, 5.74) is -0.249. The van der Waals surface area contributed by atoms with Gasteiger partial charge in [0.1, 0.15) is 17.2 Å². The fraction of sp³-hybridized carbons (Fsp3) is 0.0476. The first-order chi connectivity index (χ1) is 14.2. The molecule has 1 fully saturated rings. The number of carbonyl (C=O) groups is 2. The fourth-order valence-electron chi connectivity index (χ4n) is 2.94. The molecule has 4 rings (SSSR count). The standard InChI is InChI=1S/C21H12ClF3N2O3/c22-14-4-6-15(7-5-14)27-19(28)17(26-20(27)29)11-16-8-9-18(30-16)12-2-1-3-13(10-12)21(23,24)25/h1-11H,(H,26,29)/b17-11+. The number of urea groups is 1. The Morgan fingerprint density at radius 2 is 1.73 bits per heavy atom. The van der Waals surface area contributed by atoms with Crippen LogP contribution in [0.15, 0.2) is 70.8 Å². The molecule has 0 unspecified atom stereocenters. The summed E-state index contributed by atoms with van der Waals surface area (Å²) in [6.45, 7) is 0. The molecule has 2 aromatic carbocycles. The van der Waals surface area contributed by atoms with Gasteiger partial charge in [0.25, 0.3) is 5.91 Å². The molecule has 1 aromatic heterocycles. The van der Waals surface area contributed by atoms with Gasteiger partial charge >= 0.3 is 12.2 Å². The normalized spacial score (nSPS) is 15.7. The van der Waals surface area contributed by atoms with Crippen molar-refractivity contribution in [3.8, 4) is 11.3 Å². The van der Waals surface area contributed by atoms with Crippen molar-refractivity contribution in [1.82, 2.24) is 5.32 Å². The molecule has 1 N–H and O–H groups in total. The highest BCUT2D eigenvalue weighted by Gasteiger charge is 2.35. The molecule has 9 heteroatoms. The molecule has 152 valence electrons. The van der Waals surface area contributed by atoms with Gasteiger partial charge in [-0.1, -0.05) is 23.7 Å². The first kappa shape index (κ1) is 19.8. The molecular weight excluding hydrogens is 421 g/mol. The van der Waals surface area contributed by atoms with Crippen molar-refractivity contribution in [2.45, 2.75) is 6.18 Å². The molecular formula is C21H12ClF3N2O3. The van der Waals surface area contributed by atoms with Crippen molar-refractivity contribution in [3.05, 3.63) is 82.7 Å². The Balaban J connectivity index is 1.60. The van der Waals surface area contributed by atoms with Gasteiger partial charge in [0.05, 0.1) is 11.3 Å². The summed E-state index contributed by atoms with van der Waals surface area (Å²) in [5, 5.41) is 2.91. The highest BCUT2D eigenvalue weighted by molar-refractivity contribution is 6.31. The van der Waals surface area contributed by atoms with Crippen LogP contribution in [-0.4, -0.2) is 11.9 Å². The number of hydrogen-bond acceptors (Lipinski definition) is 3. The lowest BCUT2D eigenvalue weighted by Crippen LogP contribution is -2.30. The number of anilines is 1. The second-order valence-corrected chi connectivity index (χ2v) is 6.82. The smallest absolute Gasteiger partial charge is 0.416 e. The number of furan rings is 1. The van der Waals surface area contributed by atoms with E-state index in [9.17, 15) is 22.8 Å². The van der Waals surface area contributed by atoms with Crippen molar-refractivity contribution >= 4 is 35.3 Å². The first-order valence-corrected chi connectivity index (χ1v) is 9.00. The number of halogens is 4. The average Bonchev–Trinajstić information content (AvgIpc) is 3.27. The lowest BCUT2D eigenvalue weighted by Gasteiger charge is -2.11. The summed E-state index contributed by atoms with van der Waals surface area (Å²) < 4.78 is 44.3. The van der Waals surface area contributed by atoms with Gasteiger partial charge in [-0.05, 0) is 48.5 Å². The molecule has 3 amide bonds. The molecule has 0 bridgehead atoms. The number of alkyl halides is 3. The number of imide groups is 1. The lowest BCUT2D eigenvalue weighted by atomic mass is 10.1. The number of carbonyl (C=O) groups excluding carboxylic acids is 2. The Kier molecular flexibility index (Phi) is 4.87. The molecule has 1 saturated heterocycles. The second kappa shape index (κ2) is 7.38. The van der Waals surface area contributed by atoms with Gasteiger partial charge in [-0.15, -0.1) is 0 Å². The van der Waals surface area contributed by atoms with Gasteiger partial charge in [-0.3, -0.25) is 4.79 Å². The van der Waals surface area contributed by atoms with Gasteiger partial charge in [-0.25, -0.2) is 9.69 Å². The van der Waals surface area contributed by atoms with Crippen LogP contribution >= 0.6 is 11.6 Å². The molecule has 0 radical (unpaired) electrons. The van der Waals surface area contributed by atoms with Crippen molar-refractivity contribution in [2.75, 3.05) is 4.90 Å². The van der Waals surface area contributed by atoms with Crippen LogP contribution in [0.3, 0.4) is 0 Å². The third kappa shape index (κ3) is 3.81. The minimum atomic E-state index is -4.47. The van der Waals surface area contributed by atoms with Crippen molar-refractivity contribution < 1.29 is 27.2 Å². The maximum absolute atomic E-state index is 12.9. The highest BCUT2D eigenvalue weighted by atomic mass is 35.5. The Morgan fingerprint density at radius 1 is 1.00 bits per heavy atom. The van der Waals surface area contributed by atoms with E-state index in [-0.39, 0.29) is 22.8 Å². The molecule has 0 atom stereocenters. The molecule has 0 spiro atoms. The Bertz CT molecular complexity index is 1170. The first-order valence-electron chi connectivity index (χ1n) is 8.62. The van der Waals surface area contributed by atoms with E-state index in [2.05, 4.69) is 5.32 Å². The molecule has 1 aliphatic rings. The summed E-state index contributed by atoms with van der Waals surface area (Å²) in [5.74, 6) is -0.206. The molecule has 0 aliphatic carbocycles. The highest BCUT2D eigenvalue weighted by Crippen LogP contribution is 2.33. The zero-order chi connectivity index (χ0) is 21.5. The minimum Gasteiger partial charge on any atom is -0.457 e. The third-order valence-electron chi connectivity index (χ3n) is 4.35. The molecule has 0 saturated carbocycles. The van der Waals surface area contributed by atoms with Crippen LogP contribution in [0, 0.1) is 0 Å². The predicted octanol–water partition coefficient (Wildman–Crippen LogP) is 5.72. The lowest BCUT2D eigenvalue weighted by molar-refractivity contribution is -0.137. The molecule has 1 aliphatic heterocycles. The second-order valence-electron chi connectivity index (χ2n) is 6.39. The Morgan fingerprint density at radius 3 is 2.43 bits per heavy atom. The van der Waals surface area contributed by atoms with Gasteiger partial charge in [0, 0.05) is 16.7 Å². The topological polar surface area (TPSA) is 62.6 Å². The van der Waals surface area contributed by atoms with Gasteiger partial charge in [0.15, 0.2) is 0 Å². The van der Waals surface area contributed by atoms with Gasteiger partial charge in [-0.2, -0.15) is 13.2 Å². The number of benzene rings is 2.